The first-order valence-electron chi connectivity index (χ1n) is 10.4. The summed E-state index contributed by atoms with van der Waals surface area (Å²) in [5.74, 6) is 0. The highest BCUT2D eigenvalue weighted by molar-refractivity contribution is 7.99. The smallest absolute Gasteiger partial charge is 0.0716 e. The van der Waals surface area contributed by atoms with Crippen LogP contribution in [-0.2, 0) is 0 Å². The number of benzene rings is 4. The molecule has 1 aromatic heterocycles. The lowest BCUT2D eigenvalue weighted by atomic mass is 9.98. The predicted molar refractivity (Wildman–Crippen MR) is 131 cm³/mol. The third kappa shape index (κ3) is 3.09. The van der Waals surface area contributed by atoms with E-state index in [0.29, 0.717) is 0 Å². The Morgan fingerprint density at radius 3 is 2.29 bits per heavy atom. The molecule has 5 aromatic rings. The van der Waals surface area contributed by atoms with E-state index in [0.717, 1.165) is 16.8 Å². The molecule has 6 rings (SSSR count). The van der Waals surface area contributed by atoms with Crippen LogP contribution < -0.4 is 4.90 Å². The molecule has 3 heteroatoms. The number of hydrogen-bond donors (Lipinski definition) is 0. The molecule has 0 aliphatic carbocycles. The highest BCUT2D eigenvalue weighted by Gasteiger charge is 2.21. The first-order valence-corrected chi connectivity index (χ1v) is 11.2. The van der Waals surface area contributed by atoms with Crippen LogP contribution >= 0.6 is 11.8 Å². The van der Waals surface area contributed by atoms with E-state index in [1.54, 1.807) is 0 Å². The van der Waals surface area contributed by atoms with Crippen LogP contribution in [0.3, 0.4) is 0 Å². The lowest BCUT2D eigenvalue weighted by Gasteiger charge is -2.29. The highest BCUT2D eigenvalue weighted by Crippen LogP contribution is 2.48. The molecule has 148 valence electrons. The lowest BCUT2D eigenvalue weighted by Crippen LogP contribution is -2.14. The van der Waals surface area contributed by atoms with Crippen molar-refractivity contribution in [2.24, 2.45) is 0 Å². The van der Waals surface area contributed by atoms with Crippen molar-refractivity contribution in [1.82, 2.24) is 4.98 Å². The van der Waals surface area contributed by atoms with E-state index in [1.807, 2.05) is 11.8 Å². The second-order valence-electron chi connectivity index (χ2n) is 7.75. The van der Waals surface area contributed by atoms with E-state index >= 15 is 0 Å². The third-order valence-corrected chi connectivity index (χ3v) is 6.98. The molecule has 0 spiro atoms. The fourth-order valence-corrected chi connectivity index (χ4v) is 5.47. The topological polar surface area (TPSA) is 16.1 Å². The minimum atomic E-state index is 1.00. The molecule has 31 heavy (non-hydrogen) atoms. The molecule has 0 atom stereocenters. The van der Waals surface area contributed by atoms with Crippen LogP contribution in [0.2, 0.25) is 0 Å². The van der Waals surface area contributed by atoms with Crippen molar-refractivity contribution in [1.29, 1.82) is 0 Å². The number of pyridine rings is 1. The summed E-state index contributed by atoms with van der Waals surface area (Å²) in [5, 5.41) is 1.18. The molecule has 0 saturated carbocycles. The largest absolute Gasteiger partial charge is 0.343 e. The maximum atomic E-state index is 5.02. The zero-order valence-corrected chi connectivity index (χ0v) is 17.9. The van der Waals surface area contributed by atoms with E-state index < -0.39 is 0 Å². The Labute approximate surface area is 186 Å². The van der Waals surface area contributed by atoms with Gasteiger partial charge in [-0.3, -0.25) is 0 Å². The van der Waals surface area contributed by atoms with Crippen molar-refractivity contribution in [3.05, 3.63) is 103 Å². The predicted octanol–water partition coefficient (Wildman–Crippen LogP) is 7.80. The molecule has 2 heterocycles. The Balaban J connectivity index is 1.51. The van der Waals surface area contributed by atoms with Gasteiger partial charge in [-0.15, -0.1) is 0 Å². The SMILES string of the molecule is CN1c2ccccc2Sc2cc(-c3cc(-c4ccccc4)c4ccccc4n3)ccc21. The molecule has 2 nitrogen and oxygen atoms in total. The summed E-state index contributed by atoms with van der Waals surface area (Å²) in [6, 6.07) is 36.4. The van der Waals surface area contributed by atoms with E-state index in [4.69, 9.17) is 4.98 Å². The zero-order chi connectivity index (χ0) is 20.8. The van der Waals surface area contributed by atoms with Gasteiger partial charge in [-0.25, -0.2) is 4.98 Å². The van der Waals surface area contributed by atoms with Crippen molar-refractivity contribution in [3.63, 3.8) is 0 Å². The van der Waals surface area contributed by atoms with Gasteiger partial charge < -0.3 is 4.90 Å². The minimum absolute atomic E-state index is 1.00. The second-order valence-corrected chi connectivity index (χ2v) is 8.83. The molecule has 0 unspecified atom stereocenters. The number of anilines is 2. The fourth-order valence-electron chi connectivity index (χ4n) is 4.28. The standard InChI is InChI=1S/C28H20N2S/c1-30-25-13-7-8-14-27(25)31-28-17-20(15-16-26(28)30)24-18-22(19-9-3-2-4-10-19)21-11-5-6-12-23(21)29-24/h2-18H,1H3. The van der Waals surface area contributed by atoms with E-state index in [1.165, 1.54) is 37.7 Å². The van der Waals surface area contributed by atoms with Crippen LogP contribution in [0.5, 0.6) is 0 Å². The summed E-state index contributed by atoms with van der Waals surface area (Å²) in [4.78, 5) is 9.84. The van der Waals surface area contributed by atoms with Crippen LogP contribution in [-0.4, -0.2) is 12.0 Å². The van der Waals surface area contributed by atoms with Gasteiger partial charge >= 0.3 is 0 Å². The molecule has 0 amide bonds. The first kappa shape index (κ1) is 18.2. The van der Waals surface area contributed by atoms with Crippen LogP contribution in [0, 0.1) is 0 Å². The van der Waals surface area contributed by atoms with Crippen LogP contribution in [0.15, 0.2) is 113 Å². The summed E-state index contributed by atoms with van der Waals surface area (Å²) in [6.07, 6.45) is 0. The number of rotatable bonds is 2. The number of nitrogens with zero attached hydrogens (tertiary/aromatic N) is 2. The van der Waals surface area contributed by atoms with Crippen LogP contribution in [0.4, 0.5) is 11.4 Å². The average molecular weight is 417 g/mol. The molecular weight excluding hydrogens is 396 g/mol. The maximum absolute atomic E-state index is 5.02. The summed E-state index contributed by atoms with van der Waals surface area (Å²) in [5.41, 5.74) is 8.08. The molecule has 0 fully saturated rings. The Morgan fingerprint density at radius 1 is 0.645 bits per heavy atom. The first-order chi connectivity index (χ1) is 15.3. The van der Waals surface area contributed by atoms with E-state index in [9.17, 15) is 0 Å². The number of para-hydroxylation sites is 2. The maximum Gasteiger partial charge on any atom is 0.0716 e. The summed E-state index contributed by atoms with van der Waals surface area (Å²) >= 11 is 1.83. The van der Waals surface area contributed by atoms with Crippen molar-refractivity contribution >= 4 is 34.0 Å². The van der Waals surface area contributed by atoms with Gasteiger partial charge in [-0.05, 0) is 47.5 Å². The Hall–Kier alpha value is -3.56. The number of hydrogen-bond acceptors (Lipinski definition) is 3. The minimum Gasteiger partial charge on any atom is -0.343 e. The second kappa shape index (κ2) is 7.29. The fraction of sp³-hybridized carbons (Fsp3) is 0.0357. The van der Waals surface area contributed by atoms with Crippen molar-refractivity contribution < 1.29 is 0 Å². The van der Waals surface area contributed by atoms with E-state index in [2.05, 4.69) is 115 Å². The van der Waals surface area contributed by atoms with E-state index in [-0.39, 0.29) is 0 Å². The molecule has 0 N–H and O–H groups in total. The van der Waals surface area contributed by atoms with Gasteiger partial charge in [0, 0.05) is 27.8 Å². The molecule has 1 aliphatic heterocycles. The molecule has 0 radical (unpaired) electrons. The van der Waals surface area contributed by atoms with Gasteiger partial charge in [0.2, 0.25) is 0 Å². The number of fused-ring (bicyclic) bond motifs is 3. The normalized spacial score (nSPS) is 12.5. The molecule has 0 saturated heterocycles. The quantitative estimate of drug-likeness (QED) is 0.292. The number of aromatic nitrogens is 1. The summed E-state index contributed by atoms with van der Waals surface area (Å²) in [7, 11) is 2.14. The van der Waals surface area contributed by atoms with Crippen molar-refractivity contribution in [2.75, 3.05) is 11.9 Å². The summed E-state index contributed by atoms with van der Waals surface area (Å²) < 4.78 is 0. The Morgan fingerprint density at radius 2 is 1.39 bits per heavy atom. The Kier molecular flexibility index (Phi) is 4.29. The lowest BCUT2D eigenvalue weighted by molar-refractivity contribution is 1.11. The average Bonchev–Trinajstić information content (AvgIpc) is 2.84. The summed E-state index contributed by atoms with van der Waals surface area (Å²) in [6.45, 7) is 0. The van der Waals surface area contributed by atoms with Crippen LogP contribution in [0.1, 0.15) is 0 Å². The van der Waals surface area contributed by atoms with Gasteiger partial charge in [0.05, 0.1) is 22.6 Å². The van der Waals surface area contributed by atoms with Gasteiger partial charge in [-0.1, -0.05) is 78.5 Å². The van der Waals surface area contributed by atoms with Gasteiger partial charge in [-0.2, -0.15) is 0 Å². The molecule has 4 aromatic carbocycles. The van der Waals surface area contributed by atoms with Gasteiger partial charge in [0.1, 0.15) is 0 Å². The van der Waals surface area contributed by atoms with Crippen LogP contribution in [0.25, 0.3) is 33.3 Å². The zero-order valence-electron chi connectivity index (χ0n) is 17.1. The van der Waals surface area contributed by atoms with Gasteiger partial charge in [0.15, 0.2) is 0 Å². The monoisotopic (exact) mass is 416 g/mol. The highest BCUT2D eigenvalue weighted by atomic mass is 32.2. The third-order valence-electron chi connectivity index (χ3n) is 5.86. The van der Waals surface area contributed by atoms with Gasteiger partial charge in [0.25, 0.3) is 0 Å². The van der Waals surface area contributed by atoms with Crippen molar-refractivity contribution in [2.45, 2.75) is 9.79 Å². The molecular formula is C28H20N2S. The van der Waals surface area contributed by atoms with Crippen molar-refractivity contribution in [3.8, 4) is 22.4 Å². The molecule has 0 bridgehead atoms. The molecule has 1 aliphatic rings. The Bertz CT molecular complexity index is 1430.